The summed E-state index contributed by atoms with van der Waals surface area (Å²) in [6.45, 7) is 0. The van der Waals surface area contributed by atoms with Gasteiger partial charge in [0.1, 0.15) is 5.03 Å². The Morgan fingerprint density at radius 1 is 1.47 bits per heavy atom. The van der Waals surface area contributed by atoms with Crippen molar-refractivity contribution < 1.29 is 13.3 Å². The van der Waals surface area contributed by atoms with Gasteiger partial charge in [0, 0.05) is 18.1 Å². The summed E-state index contributed by atoms with van der Waals surface area (Å²) in [5.74, 6) is 0.693. The Morgan fingerprint density at radius 2 is 2.32 bits per heavy atom. The number of thioether (sulfide) groups is 1. The van der Waals surface area contributed by atoms with Gasteiger partial charge in [0.2, 0.25) is 10.0 Å². The zero-order valence-corrected chi connectivity index (χ0v) is 11.9. The summed E-state index contributed by atoms with van der Waals surface area (Å²) in [6.07, 6.45) is 3.97. The normalized spacial score (nSPS) is 12.1. The van der Waals surface area contributed by atoms with Gasteiger partial charge in [-0.2, -0.15) is 5.10 Å². The van der Waals surface area contributed by atoms with Gasteiger partial charge in [-0.05, 0) is 18.6 Å². The molecule has 0 atom stereocenters. The highest BCUT2D eigenvalue weighted by atomic mass is 32.2. The van der Waals surface area contributed by atoms with Crippen molar-refractivity contribution in [1.29, 1.82) is 0 Å². The molecule has 2 aromatic rings. The molecule has 1 N–H and O–H groups in total. The van der Waals surface area contributed by atoms with Crippen LogP contribution in [0.2, 0.25) is 0 Å². The molecular formula is C10H14N4O3S2. The molecule has 104 valence electrons. The van der Waals surface area contributed by atoms with Crippen LogP contribution < -0.4 is 4.89 Å². The number of fused-ring (bicyclic) bond motifs is 1. The molecular weight excluding hydrogens is 288 g/mol. The number of imidazole rings is 1. The summed E-state index contributed by atoms with van der Waals surface area (Å²) in [4.78, 5) is 10.5. The number of aromatic nitrogens is 3. The molecule has 0 saturated heterocycles. The fraction of sp³-hybridized carbons (Fsp3) is 0.400. The van der Waals surface area contributed by atoms with Gasteiger partial charge < -0.3 is 0 Å². The minimum atomic E-state index is -3.33. The Balaban J connectivity index is 1.82. The van der Waals surface area contributed by atoms with Crippen molar-refractivity contribution in [1.82, 2.24) is 19.5 Å². The maximum absolute atomic E-state index is 11.3. The quantitative estimate of drug-likeness (QED) is 0.460. The Bertz CT molecular complexity index is 641. The van der Waals surface area contributed by atoms with Gasteiger partial charge in [-0.3, -0.25) is 4.84 Å². The molecule has 9 heteroatoms. The fourth-order valence-electron chi connectivity index (χ4n) is 1.47. The van der Waals surface area contributed by atoms with Crippen molar-refractivity contribution >= 4 is 27.4 Å². The molecule has 0 spiro atoms. The molecule has 0 aromatic carbocycles. The third-order valence-corrected chi connectivity index (χ3v) is 4.50. The number of nitrogens with one attached hydrogen (secondary N) is 1. The topological polar surface area (TPSA) is 85.6 Å². The highest BCUT2D eigenvalue weighted by Crippen LogP contribution is 2.16. The smallest absolute Gasteiger partial charge is 0.233 e. The van der Waals surface area contributed by atoms with Crippen molar-refractivity contribution in [2.45, 2.75) is 11.4 Å². The highest BCUT2D eigenvalue weighted by Gasteiger charge is 2.09. The molecule has 0 saturated carbocycles. The van der Waals surface area contributed by atoms with Crippen LogP contribution in [-0.2, 0) is 14.9 Å². The molecule has 2 aromatic heterocycles. The average Bonchev–Trinajstić information content (AvgIpc) is 2.82. The monoisotopic (exact) mass is 302 g/mol. The van der Waals surface area contributed by atoms with Crippen LogP contribution in [0.1, 0.15) is 6.42 Å². The second-order valence-corrected chi connectivity index (χ2v) is 6.63. The lowest BCUT2D eigenvalue weighted by Crippen LogP contribution is -2.25. The lowest BCUT2D eigenvalue weighted by molar-refractivity contribution is 0.153. The van der Waals surface area contributed by atoms with Crippen LogP contribution in [0, 0.1) is 0 Å². The Morgan fingerprint density at radius 3 is 3.11 bits per heavy atom. The summed E-state index contributed by atoms with van der Waals surface area (Å²) in [5, 5.41) is 5.17. The van der Waals surface area contributed by atoms with Crippen molar-refractivity contribution in [3.63, 3.8) is 0 Å². The van der Waals surface area contributed by atoms with Crippen LogP contribution in [0.3, 0.4) is 0 Å². The van der Waals surface area contributed by atoms with E-state index in [0.29, 0.717) is 12.2 Å². The van der Waals surface area contributed by atoms with E-state index >= 15 is 0 Å². The minimum Gasteiger partial charge on any atom is -0.290 e. The SMILES string of the molecule is CONS(=O)(=O)CCCSc1ccc2nccn2n1. The molecule has 0 aliphatic rings. The largest absolute Gasteiger partial charge is 0.290 e. The molecule has 0 amide bonds. The molecule has 0 bridgehead atoms. The van der Waals surface area contributed by atoms with E-state index < -0.39 is 10.0 Å². The first-order valence-electron chi connectivity index (χ1n) is 5.56. The second-order valence-electron chi connectivity index (χ2n) is 3.71. The van der Waals surface area contributed by atoms with E-state index in [2.05, 4.69) is 14.9 Å². The summed E-state index contributed by atoms with van der Waals surface area (Å²) >= 11 is 1.50. The predicted molar refractivity (Wildman–Crippen MR) is 72.3 cm³/mol. The van der Waals surface area contributed by atoms with E-state index in [1.54, 1.807) is 16.9 Å². The van der Waals surface area contributed by atoms with E-state index in [9.17, 15) is 8.42 Å². The van der Waals surface area contributed by atoms with E-state index in [1.165, 1.54) is 18.9 Å². The average molecular weight is 302 g/mol. The molecule has 0 fully saturated rings. The fourth-order valence-corrected chi connectivity index (χ4v) is 3.32. The molecule has 2 rings (SSSR count). The van der Waals surface area contributed by atoms with Crippen molar-refractivity contribution in [3.05, 3.63) is 24.5 Å². The Kier molecular flexibility index (Phi) is 4.75. The number of sulfonamides is 1. The van der Waals surface area contributed by atoms with E-state index in [1.807, 2.05) is 17.0 Å². The van der Waals surface area contributed by atoms with Gasteiger partial charge in [-0.25, -0.2) is 17.9 Å². The standard InChI is InChI=1S/C10H14N4O3S2/c1-17-13-19(15,16)8-2-7-18-10-4-3-9-11-5-6-14(9)12-10/h3-6,13H,2,7-8H2,1H3. The van der Waals surface area contributed by atoms with Crippen molar-refractivity contribution in [2.75, 3.05) is 18.6 Å². The zero-order valence-electron chi connectivity index (χ0n) is 10.3. The number of hydrogen-bond donors (Lipinski definition) is 1. The van der Waals surface area contributed by atoms with Crippen LogP contribution in [0.25, 0.3) is 5.65 Å². The molecule has 0 aliphatic heterocycles. The summed E-state index contributed by atoms with van der Waals surface area (Å²) in [7, 11) is -2.06. The van der Waals surface area contributed by atoms with Crippen LogP contribution >= 0.6 is 11.8 Å². The minimum absolute atomic E-state index is 0.0289. The molecule has 2 heterocycles. The van der Waals surface area contributed by atoms with Crippen LogP contribution in [0.5, 0.6) is 0 Å². The maximum atomic E-state index is 11.3. The van der Waals surface area contributed by atoms with Gasteiger partial charge in [-0.15, -0.1) is 11.8 Å². The van der Waals surface area contributed by atoms with Crippen molar-refractivity contribution in [3.8, 4) is 0 Å². The van der Waals surface area contributed by atoms with Crippen molar-refractivity contribution in [2.24, 2.45) is 0 Å². The van der Waals surface area contributed by atoms with Gasteiger partial charge in [0.25, 0.3) is 0 Å². The number of rotatable bonds is 7. The molecule has 0 radical (unpaired) electrons. The molecule has 19 heavy (non-hydrogen) atoms. The number of nitrogens with zero attached hydrogens (tertiary/aromatic N) is 3. The zero-order chi connectivity index (χ0) is 13.7. The Hall–Kier alpha value is -1.16. The van der Waals surface area contributed by atoms with Gasteiger partial charge >= 0.3 is 0 Å². The molecule has 0 unspecified atom stereocenters. The van der Waals surface area contributed by atoms with Gasteiger partial charge in [0.05, 0.1) is 12.9 Å². The molecule has 7 nitrogen and oxygen atoms in total. The Labute approximate surface area is 115 Å². The van der Waals surface area contributed by atoms with Crippen LogP contribution in [0.15, 0.2) is 29.6 Å². The van der Waals surface area contributed by atoms with E-state index in [-0.39, 0.29) is 5.75 Å². The third-order valence-electron chi connectivity index (χ3n) is 2.25. The lowest BCUT2D eigenvalue weighted by Gasteiger charge is -2.04. The first-order chi connectivity index (χ1) is 9.11. The first-order valence-corrected chi connectivity index (χ1v) is 8.20. The maximum Gasteiger partial charge on any atom is 0.233 e. The number of hydrogen-bond acceptors (Lipinski definition) is 6. The molecule has 0 aliphatic carbocycles. The summed E-state index contributed by atoms with van der Waals surface area (Å²) in [6, 6.07) is 3.74. The van der Waals surface area contributed by atoms with Crippen LogP contribution in [-0.4, -0.2) is 41.6 Å². The summed E-state index contributed by atoms with van der Waals surface area (Å²) < 4.78 is 24.3. The first kappa shape index (κ1) is 14.3. The van der Waals surface area contributed by atoms with Crippen LogP contribution in [0.4, 0.5) is 0 Å². The van der Waals surface area contributed by atoms with Gasteiger partial charge in [0.15, 0.2) is 5.65 Å². The summed E-state index contributed by atoms with van der Waals surface area (Å²) in [5.41, 5.74) is 0.788. The third kappa shape index (κ3) is 4.16. The van der Waals surface area contributed by atoms with E-state index in [4.69, 9.17) is 0 Å². The predicted octanol–water partition coefficient (Wildman–Crippen LogP) is 0.692. The van der Waals surface area contributed by atoms with Gasteiger partial charge in [-0.1, -0.05) is 4.89 Å². The lowest BCUT2D eigenvalue weighted by atomic mass is 10.6. The second kappa shape index (κ2) is 6.33. The highest BCUT2D eigenvalue weighted by molar-refractivity contribution is 7.99. The van der Waals surface area contributed by atoms with E-state index in [0.717, 1.165) is 10.7 Å².